The highest BCUT2D eigenvalue weighted by Crippen LogP contribution is 2.26. The third-order valence-corrected chi connectivity index (χ3v) is 5.24. The van der Waals surface area contributed by atoms with Gasteiger partial charge in [-0.3, -0.25) is 9.69 Å². The van der Waals surface area contributed by atoms with Crippen LogP contribution >= 0.6 is 0 Å². The molecule has 3 heterocycles. The molecule has 1 fully saturated rings. The second-order valence-electron chi connectivity index (χ2n) is 7.10. The maximum Gasteiger partial charge on any atom is 0.287 e. The minimum absolute atomic E-state index is 0.175. The summed E-state index contributed by atoms with van der Waals surface area (Å²) in [4.78, 5) is 19.2. The van der Waals surface area contributed by atoms with Gasteiger partial charge in [0.25, 0.3) is 5.91 Å². The van der Waals surface area contributed by atoms with Crippen molar-refractivity contribution in [1.82, 2.24) is 15.2 Å². The smallest absolute Gasteiger partial charge is 0.287 e. The van der Waals surface area contributed by atoms with E-state index in [0.29, 0.717) is 28.5 Å². The summed E-state index contributed by atoms with van der Waals surface area (Å²) in [5.41, 5.74) is 1.35. The lowest BCUT2D eigenvalue weighted by Gasteiger charge is -2.31. The van der Waals surface area contributed by atoms with Crippen LogP contribution in [0.3, 0.4) is 0 Å². The van der Waals surface area contributed by atoms with Crippen molar-refractivity contribution in [2.24, 2.45) is 0 Å². The lowest BCUT2D eigenvalue weighted by molar-refractivity contribution is 0.0910. The lowest BCUT2D eigenvalue weighted by atomic mass is 10.1. The molecular formula is C21H25N3O4. The van der Waals surface area contributed by atoms with Gasteiger partial charge in [0.2, 0.25) is 5.89 Å². The Morgan fingerprint density at radius 1 is 1.21 bits per heavy atom. The van der Waals surface area contributed by atoms with Crippen LogP contribution in [0.25, 0.3) is 11.1 Å². The molecule has 1 saturated heterocycles. The number of furan rings is 1. The average molecular weight is 383 g/mol. The number of nitrogens with zero attached hydrogens (tertiary/aromatic N) is 2. The van der Waals surface area contributed by atoms with Crippen LogP contribution in [0, 0.1) is 0 Å². The fourth-order valence-corrected chi connectivity index (χ4v) is 3.59. The molecular weight excluding hydrogens is 358 g/mol. The Hall–Kier alpha value is -2.80. The van der Waals surface area contributed by atoms with Gasteiger partial charge in [-0.15, -0.1) is 0 Å². The first-order valence-electron chi connectivity index (χ1n) is 9.69. The third-order valence-electron chi connectivity index (χ3n) is 5.24. The fourth-order valence-electron chi connectivity index (χ4n) is 3.59. The first-order valence-corrected chi connectivity index (χ1v) is 9.69. The molecule has 0 unspecified atom stereocenters. The molecule has 7 nitrogen and oxygen atoms in total. The SMILES string of the molecule is COc1ccc2oc(CNC(=O)c3ccc([C@H](C)N4CCCCC4)o3)nc2c1. The zero-order valence-corrected chi connectivity index (χ0v) is 16.2. The van der Waals surface area contributed by atoms with Crippen molar-refractivity contribution in [2.45, 2.75) is 38.8 Å². The summed E-state index contributed by atoms with van der Waals surface area (Å²) < 4.78 is 16.7. The number of piperidine rings is 1. The van der Waals surface area contributed by atoms with Crippen LogP contribution in [0.4, 0.5) is 0 Å². The maximum absolute atomic E-state index is 12.4. The van der Waals surface area contributed by atoms with Gasteiger partial charge < -0.3 is 18.9 Å². The van der Waals surface area contributed by atoms with Gasteiger partial charge >= 0.3 is 0 Å². The number of fused-ring (bicyclic) bond motifs is 1. The molecule has 0 spiro atoms. The molecule has 2 aromatic heterocycles. The Morgan fingerprint density at radius 3 is 2.82 bits per heavy atom. The number of oxazole rings is 1. The van der Waals surface area contributed by atoms with E-state index >= 15 is 0 Å². The van der Waals surface area contributed by atoms with E-state index in [1.165, 1.54) is 19.3 Å². The quantitative estimate of drug-likeness (QED) is 0.695. The number of rotatable bonds is 6. The average Bonchev–Trinajstić information content (AvgIpc) is 3.38. The monoisotopic (exact) mass is 383 g/mol. The van der Waals surface area contributed by atoms with Gasteiger partial charge in [0.15, 0.2) is 11.3 Å². The van der Waals surface area contributed by atoms with Crippen molar-refractivity contribution in [3.8, 4) is 5.75 Å². The van der Waals surface area contributed by atoms with Crippen molar-refractivity contribution >= 4 is 17.0 Å². The Balaban J connectivity index is 1.38. The summed E-state index contributed by atoms with van der Waals surface area (Å²) in [6.07, 6.45) is 3.72. The molecule has 4 rings (SSSR count). The Kier molecular flexibility index (Phi) is 5.34. The van der Waals surface area contributed by atoms with E-state index in [9.17, 15) is 4.79 Å². The molecule has 1 amide bonds. The van der Waals surface area contributed by atoms with Crippen molar-refractivity contribution < 1.29 is 18.4 Å². The zero-order valence-electron chi connectivity index (χ0n) is 16.2. The minimum Gasteiger partial charge on any atom is -0.497 e. The highest BCUT2D eigenvalue weighted by Gasteiger charge is 2.22. The molecule has 148 valence electrons. The standard InChI is InChI=1S/C21H25N3O4/c1-14(24-10-4-3-5-11-24)17-8-9-19(27-17)21(25)22-13-20-23-16-12-15(26-2)6-7-18(16)28-20/h6-9,12,14H,3-5,10-11,13H2,1-2H3,(H,22,25)/t14-/m0/s1. The Labute approximate surface area is 163 Å². The number of benzene rings is 1. The van der Waals surface area contributed by atoms with Gasteiger partial charge in [0, 0.05) is 6.07 Å². The zero-order chi connectivity index (χ0) is 19.5. The van der Waals surface area contributed by atoms with Crippen LogP contribution in [0.5, 0.6) is 5.75 Å². The molecule has 1 atom stereocenters. The van der Waals surface area contributed by atoms with E-state index in [4.69, 9.17) is 13.6 Å². The topological polar surface area (TPSA) is 80.7 Å². The highest BCUT2D eigenvalue weighted by molar-refractivity contribution is 5.91. The number of carbonyl (C=O) groups excluding carboxylic acids is 1. The summed E-state index contributed by atoms with van der Waals surface area (Å²) in [6.45, 7) is 4.46. The largest absolute Gasteiger partial charge is 0.497 e. The molecule has 28 heavy (non-hydrogen) atoms. The second-order valence-corrected chi connectivity index (χ2v) is 7.10. The Bertz CT molecular complexity index is 956. The summed E-state index contributed by atoms with van der Waals surface area (Å²) >= 11 is 0. The second kappa shape index (κ2) is 8.06. The molecule has 0 saturated carbocycles. The molecule has 3 aromatic rings. The van der Waals surface area contributed by atoms with Gasteiger partial charge in [0.1, 0.15) is 17.0 Å². The number of ether oxygens (including phenoxy) is 1. The van der Waals surface area contributed by atoms with Gasteiger partial charge in [-0.2, -0.15) is 0 Å². The van der Waals surface area contributed by atoms with Gasteiger partial charge in [-0.1, -0.05) is 6.42 Å². The third kappa shape index (κ3) is 3.89. The fraction of sp³-hybridized carbons (Fsp3) is 0.429. The lowest BCUT2D eigenvalue weighted by Crippen LogP contribution is -2.32. The van der Waals surface area contributed by atoms with E-state index in [0.717, 1.165) is 18.8 Å². The van der Waals surface area contributed by atoms with Crippen LogP contribution in [0.1, 0.15) is 54.4 Å². The van der Waals surface area contributed by atoms with Crippen molar-refractivity contribution in [3.05, 3.63) is 47.7 Å². The molecule has 1 aliphatic rings. The predicted octanol–water partition coefficient (Wildman–Crippen LogP) is 3.91. The normalized spacial score (nSPS) is 16.2. The molecule has 1 N–H and O–H groups in total. The number of likely N-dealkylation sites (tertiary alicyclic amines) is 1. The van der Waals surface area contributed by atoms with E-state index in [2.05, 4.69) is 22.1 Å². The molecule has 7 heteroatoms. The molecule has 1 aliphatic heterocycles. The minimum atomic E-state index is -0.281. The first-order chi connectivity index (χ1) is 13.6. The molecule has 1 aromatic carbocycles. The predicted molar refractivity (Wildman–Crippen MR) is 104 cm³/mol. The summed E-state index contributed by atoms with van der Waals surface area (Å²) in [5.74, 6) is 1.99. The maximum atomic E-state index is 12.4. The number of methoxy groups -OCH3 is 1. The number of aromatic nitrogens is 1. The molecule has 0 bridgehead atoms. The summed E-state index contributed by atoms with van der Waals surface area (Å²) in [5, 5.41) is 2.80. The highest BCUT2D eigenvalue weighted by atomic mass is 16.5. The van der Waals surface area contributed by atoms with Crippen LogP contribution in [-0.4, -0.2) is 36.0 Å². The van der Waals surface area contributed by atoms with Crippen LogP contribution in [-0.2, 0) is 6.54 Å². The Morgan fingerprint density at radius 2 is 2.04 bits per heavy atom. The first kappa shape index (κ1) is 18.6. The van der Waals surface area contributed by atoms with Crippen LogP contribution < -0.4 is 10.1 Å². The van der Waals surface area contributed by atoms with Crippen LogP contribution in [0.15, 0.2) is 39.2 Å². The van der Waals surface area contributed by atoms with E-state index < -0.39 is 0 Å². The van der Waals surface area contributed by atoms with Crippen molar-refractivity contribution in [2.75, 3.05) is 20.2 Å². The number of carbonyl (C=O) groups is 1. The molecule has 0 radical (unpaired) electrons. The van der Waals surface area contributed by atoms with E-state index in [-0.39, 0.29) is 18.5 Å². The van der Waals surface area contributed by atoms with Gasteiger partial charge in [-0.05, 0) is 57.1 Å². The number of nitrogens with one attached hydrogen (secondary N) is 1. The number of hydrogen-bond acceptors (Lipinski definition) is 6. The molecule has 0 aliphatic carbocycles. The van der Waals surface area contributed by atoms with E-state index in [1.54, 1.807) is 25.3 Å². The summed E-state index contributed by atoms with van der Waals surface area (Å²) in [7, 11) is 1.60. The van der Waals surface area contributed by atoms with Gasteiger partial charge in [-0.25, -0.2) is 4.98 Å². The number of hydrogen-bond donors (Lipinski definition) is 1. The van der Waals surface area contributed by atoms with Crippen molar-refractivity contribution in [3.63, 3.8) is 0 Å². The van der Waals surface area contributed by atoms with E-state index in [1.807, 2.05) is 12.1 Å². The summed E-state index contributed by atoms with van der Waals surface area (Å²) in [6, 6.07) is 9.19. The van der Waals surface area contributed by atoms with Crippen LogP contribution in [0.2, 0.25) is 0 Å². The number of amides is 1. The van der Waals surface area contributed by atoms with Gasteiger partial charge in [0.05, 0.1) is 19.7 Å². The van der Waals surface area contributed by atoms with Crippen molar-refractivity contribution in [1.29, 1.82) is 0 Å².